The number of rotatable bonds is 5. The second kappa shape index (κ2) is 7.53. The van der Waals surface area contributed by atoms with Gasteiger partial charge in [-0.3, -0.25) is 9.69 Å². The van der Waals surface area contributed by atoms with Gasteiger partial charge in [0.25, 0.3) is 0 Å². The Kier molecular flexibility index (Phi) is 5.19. The number of carbonyl (C=O) groups excluding carboxylic acids is 1. The van der Waals surface area contributed by atoms with Crippen LogP contribution in [-0.2, 0) is 4.79 Å². The normalized spacial score (nSPS) is 17.2. The smallest absolute Gasteiger partial charge is 0.241 e. The van der Waals surface area contributed by atoms with Crippen molar-refractivity contribution in [2.45, 2.75) is 19.1 Å². The molecule has 0 saturated carbocycles. The summed E-state index contributed by atoms with van der Waals surface area (Å²) in [5, 5.41) is 2.62. The number of hydrogen-bond acceptors (Lipinski definition) is 4. The van der Waals surface area contributed by atoms with Gasteiger partial charge in [-0.15, -0.1) is 0 Å². The van der Waals surface area contributed by atoms with Crippen LogP contribution in [0.2, 0.25) is 0 Å². The highest BCUT2D eigenvalue weighted by molar-refractivity contribution is 5.94. The summed E-state index contributed by atoms with van der Waals surface area (Å²) < 4.78 is 25.3. The first kappa shape index (κ1) is 17.2. The molecule has 0 unspecified atom stereocenters. The van der Waals surface area contributed by atoms with Gasteiger partial charge in [-0.2, -0.15) is 0 Å². The summed E-state index contributed by atoms with van der Waals surface area (Å²) in [5.74, 6) is 0.707. The average Bonchev–Trinajstić information content (AvgIpc) is 2.62. The zero-order valence-corrected chi connectivity index (χ0v) is 14.2. The summed E-state index contributed by atoms with van der Waals surface area (Å²) in [6.07, 6.45) is -0.177. The maximum absolute atomic E-state index is 13.7. The molecule has 1 aliphatic rings. The van der Waals surface area contributed by atoms with E-state index in [9.17, 15) is 9.18 Å². The number of carbonyl (C=O) groups is 1. The molecular weight excluding hydrogens is 323 g/mol. The van der Waals surface area contributed by atoms with Gasteiger partial charge >= 0.3 is 0 Å². The Morgan fingerprint density at radius 3 is 2.68 bits per heavy atom. The average molecular weight is 344 g/mol. The molecule has 5 nitrogen and oxygen atoms in total. The molecule has 1 N–H and O–H groups in total. The minimum atomic E-state index is -0.452. The standard InChI is InChI=1S/C19H21FN2O3/c1-13(19(23)21-16-8-4-3-7-15(16)20)22(2)11-14-12-24-17-9-5-6-10-18(17)25-14/h3-10,13-14H,11-12H2,1-2H3,(H,21,23)/t13-,14-/m1/s1. The van der Waals surface area contributed by atoms with Gasteiger partial charge in [0.1, 0.15) is 18.5 Å². The largest absolute Gasteiger partial charge is 0.486 e. The lowest BCUT2D eigenvalue weighted by atomic mass is 10.2. The number of ether oxygens (including phenoxy) is 2. The number of hydrogen-bond donors (Lipinski definition) is 1. The van der Waals surface area contributed by atoms with Crippen LogP contribution in [0.3, 0.4) is 0 Å². The van der Waals surface area contributed by atoms with Crippen LogP contribution in [0.4, 0.5) is 10.1 Å². The van der Waals surface area contributed by atoms with Gasteiger partial charge in [0, 0.05) is 6.54 Å². The second-order valence-corrected chi connectivity index (χ2v) is 6.08. The second-order valence-electron chi connectivity index (χ2n) is 6.08. The van der Waals surface area contributed by atoms with Crippen molar-refractivity contribution >= 4 is 11.6 Å². The summed E-state index contributed by atoms with van der Waals surface area (Å²) in [6.45, 7) is 2.71. The summed E-state index contributed by atoms with van der Waals surface area (Å²) >= 11 is 0. The van der Waals surface area contributed by atoms with E-state index in [4.69, 9.17) is 9.47 Å². The Labute approximate surface area is 146 Å². The van der Waals surface area contributed by atoms with E-state index < -0.39 is 11.9 Å². The molecule has 0 fully saturated rings. The Hall–Kier alpha value is -2.60. The fourth-order valence-corrected chi connectivity index (χ4v) is 2.63. The zero-order valence-electron chi connectivity index (χ0n) is 14.2. The quantitative estimate of drug-likeness (QED) is 0.906. The molecule has 0 radical (unpaired) electrons. The van der Waals surface area contributed by atoms with Crippen LogP contribution >= 0.6 is 0 Å². The van der Waals surface area contributed by atoms with Crippen molar-refractivity contribution in [3.63, 3.8) is 0 Å². The Morgan fingerprint density at radius 1 is 1.24 bits per heavy atom. The lowest BCUT2D eigenvalue weighted by Gasteiger charge is -2.31. The molecule has 1 aliphatic heterocycles. The van der Waals surface area contributed by atoms with Crippen molar-refractivity contribution in [3.05, 3.63) is 54.3 Å². The van der Waals surface area contributed by atoms with Gasteiger partial charge in [-0.25, -0.2) is 4.39 Å². The van der Waals surface area contributed by atoms with Crippen LogP contribution in [0.15, 0.2) is 48.5 Å². The topological polar surface area (TPSA) is 50.8 Å². The van der Waals surface area contributed by atoms with E-state index in [-0.39, 0.29) is 17.7 Å². The molecule has 0 bridgehead atoms. The molecule has 1 amide bonds. The van der Waals surface area contributed by atoms with E-state index in [1.54, 1.807) is 19.1 Å². The number of anilines is 1. The first-order valence-corrected chi connectivity index (χ1v) is 8.18. The Morgan fingerprint density at radius 2 is 1.92 bits per heavy atom. The first-order valence-electron chi connectivity index (χ1n) is 8.18. The third-order valence-electron chi connectivity index (χ3n) is 4.23. The molecule has 1 heterocycles. The van der Waals surface area contributed by atoms with E-state index in [0.717, 1.165) is 5.75 Å². The van der Waals surface area contributed by atoms with Crippen LogP contribution in [-0.4, -0.2) is 43.2 Å². The number of amides is 1. The van der Waals surface area contributed by atoms with Crippen molar-refractivity contribution in [2.75, 3.05) is 25.5 Å². The number of nitrogens with zero attached hydrogens (tertiary/aromatic N) is 1. The molecule has 0 aliphatic carbocycles. The molecule has 2 aromatic rings. The van der Waals surface area contributed by atoms with E-state index >= 15 is 0 Å². The van der Waals surface area contributed by atoms with Crippen LogP contribution in [0.1, 0.15) is 6.92 Å². The van der Waals surface area contributed by atoms with E-state index in [1.807, 2.05) is 36.2 Å². The predicted octanol–water partition coefficient (Wildman–Crippen LogP) is 2.92. The molecule has 132 valence electrons. The number of fused-ring (bicyclic) bond motifs is 1. The van der Waals surface area contributed by atoms with Crippen molar-refractivity contribution in [1.29, 1.82) is 0 Å². The SMILES string of the molecule is C[C@H](C(=O)Nc1ccccc1F)N(C)C[C@@H]1COc2ccccc2O1. The minimum absolute atomic E-state index is 0.177. The van der Waals surface area contributed by atoms with Crippen molar-refractivity contribution in [1.82, 2.24) is 4.90 Å². The summed E-state index contributed by atoms with van der Waals surface area (Å²) in [7, 11) is 1.83. The maximum atomic E-state index is 13.7. The molecule has 6 heteroatoms. The molecular formula is C19H21FN2O3. The minimum Gasteiger partial charge on any atom is -0.486 e. The molecule has 0 saturated heterocycles. The van der Waals surface area contributed by atoms with Crippen molar-refractivity contribution in [3.8, 4) is 11.5 Å². The van der Waals surface area contributed by atoms with Crippen molar-refractivity contribution < 1.29 is 18.7 Å². The van der Waals surface area contributed by atoms with Crippen LogP contribution in [0.25, 0.3) is 0 Å². The van der Waals surface area contributed by atoms with Gasteiger partial charge in [0.05, 0.1) is 11.7 Å². The lowest BCUT2D eigenvalue weighted by Crippen LogP contribution is -2.46. The summed E-state index contributed by atoms with van der Waals surface area (Å²) in [6, 6.07) is 13.2. The summed E-state index contributed by atoms with van der Waals surface area (Å²) in [5.41, 5.74) is 0.180. The fraction of sp³-hybridized carbons (Fsp3) is 0.316. The molecule has 3 rings (SSSR count). The highest BCUT2D eigenvalue weighted by Gasteiger charge is 2.26. The molecule has 0 aromatic heterocycles. The monoisotopic (exact) mass is 344 g/mol. The zero-order chi connectivity index (χ0) is 17.8. The lowest BCUT2D eigenvalue weighted by molar-refractivity contribution is -0.120. The number of halogens is 1. The fourth-order valence-electron chi connectivity index (χ4n) is 2.63. The highest BCUT2D eigenvalue weighted by Crippen LogP contribution is 2.31. The van der Waals surface area contributed by atoms with Crippen molar-refractivity contribution in [2.24, 2.45) is 0 Å². The number of benzene rings is 2. The van der Waals surface area contributed by atoms with E-state index in [0.29, 0.717) is 18.9 Å². The molecule has 0 spiro atoms. The van der Waals surface area contributed by atoms with Crippen LogP contribution in [0.5, 0.6) is 11.5 Å². The number of nitrogens with one attached hydrogen (secondary N) is 1. The Balaban J connectivity index is 1.57. The van der Waals surface area contributed by atoms with Gasteiger partial charge in [0.15, 0.2) is 11.5 Å². The Bertz CT molecular complexity index is 753. The predicted molar refractivity (Wildman–Crippen MR) is 93.5 cm³/mol. The van der Waals surface area contributed by atoms with Gasteiger partial charge < -0.3 is 14.8 Å². The van der Waals surface area contributed by atoms with Crippen LogP contribution < -0.4 is 14.8 Å². The summed E-state index contributed by atoms with van der Waals surface area (Å²) in [4.78, 5) is 14.2. The van der Waals surface area contributed by atoms with E-state index in [1.165, 1.54) is 12.1 Å². The molecule has 2 aromatic carbocycles. The molecule has 25 heavy (non-hydrogen) atoms. The van der Waals surface area contributed by atoms with Gasteiger partial charge in [-0.05, 0) is 38.2 Å². The van der Waals surface area contributed by atoms with Gasteiger partial charge in [0.2, 0.25) is 5.91 Å². The maximum Gasteiger partial charge on any atom is 0.241 e. The third kappa shape index (κ3) is 4.09. The molecule has 2 atom stereocenters. The van der Waals surface area contributed by atoms with Gasteiger partial charge in [-0.1, -0.05) is 24.3 Å². The highest BCUT2D eigenvalue weighted by atomic mass is 19.1. The van der Waals surface area contributed by atoms with E-state index in [2.05, 4.69) is 5.32 Å². The number of likely N-dealkylation sites (N-methyl/N-ethyl adjacent to an activating group) is 1. The van der Waals surface area contributed by atoms with Crippen LogP contribution in [0, 0.1) is 5.82 Å². The first-order chi connectivity index (χ1) is 12.0. The third-order valence-corrected chi connectivity index (χ3v) is 4.23. The number of para-hydroxylation sites is 3.